The molecular weight excluding hydrogens is 416 g/mol. The van der Waals surface area contributed by atoms with Crippen LogP contribution in [0, 0.1) is 13.8 Å². The topological polar surface area (TPSA) is 106 Å². The lowest BCUT2D eigenvalue weighted by molar-refractivity contribution is -0.130. The molecule has 0 saturated carbocycles. The van der Waals surface area contributed by atoms with Gasteiger partial charge in [-0.25, -0.2) is 13.6 Å². The summed E-state index contributed by atoms with van der Waals surface area (Å²) in [6.07, 6.45) is 1.72. The van der Waals surface area contributed by atoms with Gasteiger partial charge in [0.05, 0.1) is 11.4 Å². The summed E-state index contributed by atoms with van der Waals surface area (Å²) in [6, 6.07) is 8.41. The van der Waals surface area contributed by atoms with Crippen LogP contribution in [0.5, 0.6) is 0 Å². The maximum absolute atomic E-state index is 13.0. The third-order valence-corrected chi connectivity index (χ3v) is 7.05. The molecule has 1 aliphatic heterocycles. The van der Waals surface area contributed by atoms with Crippen LogP contribution in [0.15, 0.2) is 35.2 Å². The van der Waals surface area contributed by atoms with E-state index in [4.69, 9.17) is 5.14 Å². The smallest absolute Gasteiger partial charge is 0.238 e. The van der Waals surface area contributed by atoms with Crippen LogP contribution in [0.3, 0.4) is 0 Å². The highest BCUT2D eigenvalue weighted by Crippen LogP contribution is 2.23. The van der Waals surface area contributed by atoms with Gasteiger partial charge in [0, 0.05) is 55.7 Å². The first kappa shape index (κ1) is 23.2. The number of nitrogens with zero attached hydrogens (tertiary/aromatic N) is 3. The second-order valence-electron chi connectivity index (χ2n) is 8.22. The average Bonchev–Trinajstić information content (AvgIpc) is 3.01. The van der Waals surface area contributed by atoms with Crippen molar-refractivity contribution < 1.29 is 18.0 Å². The van der Waals surface area contributed by atoms with Gasteiger partial charge < -0.3 is 9.47 Å². The first-order valence-electron chi connectivity index (χ1n) is 10.3. The van der Waals surface area contributed by atoms with E-state index in [0.29, 0.717) is 12.1 Å². The minimum absolute atomic E-state index is 0.0498. The molecule has 168 valence electrons. The minimum Gasteiger partial charge on any atom is -0.343 e. The number of piperidine rings is 1. The Morgan fingerprint density at radius 3 is 2.23 bits per heavy atom. The third kappa shape index (κ3) is 5.06. The summed E-state index contributed by atoms with van der Waals surface area (Å²) < 4.78 is 24.9. The zero-order valence-electron chi connectivity index (χ0n) is 18.5. The molecule has 0 bridgehead atoms. The zero-order valence-corrected chi connectivity index (χ0v) is 19.3. The number of ketones is 1. The fourth-order valence-electron chi connectivity index (χ4n) is 4.24. The molecule has 0 radical (unpaired) electrons. The number of amides is 1. The van der Waals surface area contributed by atoms with Crippen LogP contribution in [-0.2, 0) is 14.8 Å². The van der Waals surface area contributed by atoms with Gasteiger partial charge in [-0.05, 0) is 57.0 Å². The molecule has 1 aromatic heterocycles. The molecule has 1 aliphatic rings. The van der Waals surface area contributed by atoms with Crippen molar-refractivity contribution in [3.8, 4) is 5.69 Å². The first-order valence-corrected chi connectivity index (χ1v) is 11.8. The monoisotopic (exact) mass is 446 g/mol. The first-order chi connectivity index (χ1) is 14.5. The van der Waals surface area contributed by atoms with E-state index in [1.165, 1.54) is 12.1 Å². The predicted octanol–water partition coefficient (Wildman–Crippen LogP) is 1.87. The quantitative estimate of drug-likeness (QED) is 0.682. The molecule has 0 aliphatic carbocycles. The number of aromatic nitrogens is 1. The van der Waals surface area contributed by atoms with Crippen LogP contribution in [-0.4, -0.2) is 67.2 Å². The highest BCUT2D eigenvalue weighted by Gasteiger charge is 2.26. The van der Waals surface area contributed by atoms with E-state index in [9.17, 15) is 18.0 Å². The molecule has 9 heteroatoms. The highest BCUT2D eigenvalue weighted by molar-refractivity contribution is 7.89. The van der Waals surface area contributed by atoms with Crippen molar-refractivity contribution in [2.24, 2.45) is 5.14 Å². The van der Waals surface area contributed by atoms with Crippen molar-refractivity contribution >= 4 is 21.7 Å². The molecule has 2 heterocycles. The largest absolute Gasteiger partial charge is 0.343 e. The SMILES string of the molecule is CC(=O)N(C)C1CCN(CC(=O)c2cc(C)n(-c3ccc(S(N)(=O)=O)cc3)c2C)CC1. The van der Waals surface area contributed by atoms with E-state index in [1.54, 1.807) is 24.0 Å². The van der Waals surface area contributed by atoms with Gasteiger partial charge >= 0.3 is 0 Å². The number of carbonyl (C=O) groups excluding carboxylic acids is 2. The van der Waals surface area contributed by atoms with Gasteiger partial charge in [-0.1, -0.05) is 0 Å². The minimum atomic E-state index is -3.75. The van der Waals surface area contributed by atoms with E-state index in [-0.39, 0.29) is 22.6 Å². The number of hydrogen-bond acceptors (Lipinski definition) is 5. The van der Waals surface area contributed by atoms with E-state index in [2.05, 4.69) is 4.90 Å². The summed E-state index contributed by atoms with van der Waals surface area (Å²) in [5.74, 6) is 0.123. The Morgan fingerprint density at radius 2 is 1.71 bits per heavy atom. The summed E-state index contributed by atoms with van der Waals surface area (Å²) in [7, 11) is -1.92. The van der Waals surface area contributed by atoms with Crippen LogP contribution in [0.2, 0.25) is 0 Å². The van der Waals surface area contributed by atoms with Crippen molar-refractivity contribution in [1.82, 2.24) is 14.4 Å². The van der Waals surface area contributed by atoms with Crippen molar-refractivity contribution in [2.75, 3.05) is 26.7 Å². The Hall–Kier alpha value is -2.49. The van der Waals surface area contributed by atoms with Crippen molar-refractivity contribution in [2.45, 2.75) is 44.6 Å². The summed E-state index contributed by atoms with van der Waals surface area (Å²) >= 11 is 0. The maximum Gasteiger partial charge on any atom is 0.238 e. The fraction of sp³-hybridized carbons (Fsp3) is 0.455. The molecule has 31 heavy (non-hydrogen) atoms. The fourth-order valence-corrected chi connectivity index (χ4v) is 4.75. The Balaban J connectivity index is 1.72. The lowest BCUT2D eigenvalue weighted by atomic mass is 10.0. The van der Waals surface area contributed by atoms with Gasteiger partial charge in [0.2, 0.25) is 15.9 Å². The van der Waals surface area contributed by atoms with Crippen LogP contribution < -0.4 is 5.14 Å². The molecule has 1 fully saturated rings. The molecule has 1 aromatic carbocycles. The number of aryl methyl sites for hydroxylation is 1. The van der Waals surface area contributed by atoms with E-state index in [0.717, 1.165) is 43.0 Å². The lowest BCUT2D eigenvalue weighted by Gasteiger charge is -2.36. The van der Waals surface area contributed by atoms with Crippen molar-refractivity contribution in [3.05, 3.63) is 47.3 Å². The van der Waals surface area contributed by atoms with Gasteiger partial charge in [-0.3, -0.25) is 14.5 Å². The number of primary sulfonamides is 1. The number of carbonyl (C=O) groups is 2. The average molecular weight is 447 g/mol. The van der Waals surface area contributed by atoms with Crippen LogP contribution in [0.1, 0.15) is 41.5 Å². The molecule has 2 N–H and O–H groups in total. The van der Waals surface area contributed by atoms with Gasteiger partial charge in [0.25, 0.3) is 0 Å². The Bertz CT molecular complexity index is 1080. The number of hydrogen-bond donors (Lipinski definition) is 1. The van der Waals surface area contributed by atoms with Crippen molar-refractivity contribution in [1.29, 1.82) is 0 Å². The van der Waals surface area contributed by atoms with E-state index in [1.807, 2.05) is 31.5 Å². The standard InChI is InChI=1S/C22H30N4O4S/c1-15-13-21(16(2)26(15)19-5-7-20(8-6-19)31(23,29)30)22(28)14-25-11-9-18(10-12-25)24(4)17(3)27/h5-8,13,18H,9-12,14H2,1-4H3,(H2,23,29,30). The lowest BCUT2D eigenvalue weighted by Crippen LogP contribution is -2.46. The number of benzene rings is 1. The van der Waals surface area contributed by atoms with E-state index < -0.39 is 10.0 Å². The highest BCUT2D eigenvalue weighted by atomic mass is 32.2. The van der Waals surface area contributed by atoms with Gasteiger partial charge in [0.1, 0.15) is 0 Å². The van der Waals surface area contributed by atoms with Crippen LogP contribution >= 0.6 is 0 Å². The van der Waals surface area contributed by atoms with Gasteiger partial charge in [0.15, 0.2) is 5.78 Å². The Labute approximate surface area is 183 Å². The summed E-state index contributed by atoms with van der Waals surface area (Å²) in [5, 5.41) is 5.17. The van der Waals surface area contributed by atoms with Crippen molar-refractivity contribution in [3.63, 3.8) is 0 Å². The predicted molar refractivity (Wildman–Crippen MR) is 119 cm³/mol. The summed E-state index contributed by atoms with van der Waals surface area (Å²) in [5.41, 5.74) is 3.15. The molecule has 2 aromatic rings. The maximum atomic E-state index is 13.0. The normalized spacial score (nSPS) is 15.8. The number of likely N-dealkylation sites (tertiary alicyclic amines) is 1. The van der Waals surface area contributed by atoms with Gasteiger partial charge in [-0.15, -0.1) is 0 Å². The molecule has 0 atom stereocenters. The number of Topliss-reactive ketones (excluding diaryl/α,β-unsaturated/α-hetero) is 1. The van der Waals surface area contributed by atoms with Gasteiger partial charge in [-0.2, -0.15) is 0 Å². The summed E-state index contributed by atoms with van der Waals surface area (Å²) in [4.78, 5) is 28.6. The number of sulfonamides is 1. The number of rotatable bonds is 6. The number of nitrogens with two attached hydrogens (primary N) is 1. The molecule has 8 nitrogen and oxygen atoms in total. The zero-order chi connectivity index (χ0) is 22.9. The van der Waals surface area contributed by atoms with E-state index >= 15 is 0 Å². The molecular formula is C22H30N4O4S. The Kier molecular flexibility index (Phi) is 6.68. The molecule has 0 unspecified atom stereocenters. The molecule has 1 amide bonds. The molecule has 1 saturated heterocycles. The second-order valence-corrected chi connectivity index (χ2v) is 9.78. The summed E-state index contributed by atoms with van der Waals surface area (Å²) in [6.45, 7) is 7.28. The molecule has 0 spiro atoms. The second kappa shape index (κ2) is 8.94. The third-order valence-electron chi connectivity index (χ3n) is 6.12. The van der Waals surface area contributed by atoms with Crippen LogP contribution in [0.25, 0.3) is 5.69 Å². The molecule has 3 rings (SSSR count). The van der Waals surface area contributed by atoms with Crippen LogP contribution in [0.4, 0.5) is 0 Å². The Morgan fingerprint density at radius 1 is 1.13 bits per heavy atom.